The zero-order valence-electron chi connectivity index (χ0n) is 13.2. The van der Waals surface area contributed by atoms with Gasteiger partial charge in [-0.15, -0.1) is 0 Å². The lowest BCUT2D eigenvalue weighted by molar-refractivity contribution is -0.273. The zero-order valence-corrected chi connectivity index (χ0v) is 13.2. The first-order valence-electron chi connectivity index (χ1n) is 8.41. The molecule has 0 amide bonds. The lowest BCUT2D eigenvalue weighted by Gasteiger charge is -2.06. The first-order valence-corrected chi connectivity index (χ1v) is 8.41. The molecular weight excluding hydrogens is 252 g/mol. The second kappa shape index (κ2) is 13.6. The van der Waals surface area contributed by atoms with Gasteiger partial charge in [0.1, 0.15) is 0 Å². The van der Waals surface area contributed by atoms with Crippen LogP contribution in [0, 0.1) is 0 Å². The van der Waals surface area contributed by atoms with Gasteiger partial charge in [0, 0.05) is 0 Å². The van der Waals surface area contributed by atoms with E-state index in [1.165, 1.54) is 70.6 Å². The minimum Gasteiger partial charge on any atom is -0.340 e. The van der Waals surface area contributed by atoms with Crippen molar-refractivity contribution in [2.75, 3.05) is 0 Å². The van der Waals surface area contributed by atoms with Crippen molar-refractivity contribution < 1.29 is 15.3 Å². The molecule has 0 saturated heterocycles. The van der Waals surface area contributed by atoms with E-state index in [1.54, 1.807) is 6.08 Å². The predicted molar refractivity (Wildman–Crippen MR) is 84.2 cm³/mol. The quantitative estimate of drug-likeness (QED) is 0.254. The van der Waals surface area contributed by atoms with Crippen LogP contribution in [0.1, 0.15) is 90.4 Å². The third-order valence-corrected chi connectivity index (χ3v) is 3.57. The average Bonchev–Trinajstić information content (AvgIpc) is 2.38. The van der Waals surface area contributed by atoms with Gasteiger partial charge in [-0.25, -0.2) is 0 Å². The summed E-state index contributed by atoms with van der Waals surface area (Å²) in [4.78, 5) is 0. The lowest BCUT2D eigenvalue weighted by atomic mass is 10.0. The van der Waals surface area contributed by atoms with Gasteiger partial charge in [0.15, 0.2) is 0 Å². The summed E-state index contributed by atoms with van der Waals surface area (Å²) >= 11 is 0. The van der Waals surface area contributed by atoms with E-state index >= 15 is 0 Å². The Kier molecular flexibility index (Phi) is 13.3. The van der Waals surface area contributed by atoms with E-state index in [-0.39, 0.29) is 0 Å². The maximum absolute atomic E-state index is 8.63. The number of rotatable bonds is 14. The van der Waals surface area contributed by atoms with Crippen LogP contribution in [0.25, 0.3) is 0 Å². The van der Waals surface area contributed by atoms with Gasteiger partial charge < -0.3 is 15.3 Å². The second-order valence-electron chi connectivity index (χ2n) is 5.77. The fraction of sp³-hybridized carbons (Fsp3) is 0.882. The van der Waals surface area contributed by atoms with Gasteiger partial charge in [-0.3, -0.25) is 0 Å². The number of hydrogen-bond donors (Lipinski definition) is 3. The molecule has 0 unspecified atom stereocenters. The molecule has 0 radical (unpaired) electrons. The van der Waals surface area contributed by atoms with E-state index in [0.717, 1.165) is 18.9 Å². The molecule has 3 N–H and O–H groups in total. The number of unbranched alkanes of at least 4 members (excludes halogenated alkanes) is 12. The molecule has 0 aliphatic rings. The Morgan fingerprint density at radius 3 is 1.45 bits per heavy atom. The lowest BCUT2D eigenvalue weighted by Crippen LogP contribution is -2.23. The maximum atomic E-state index is 8.63. The third-order valence-electron chi connectivity index (χ3n) is 3.57. The first-order chi connectivity index (χ1) is 9.56. The van der Waals surface area contributed by atoms with Crippen molar-refractivity contribution in [2.24, 2.45) is 0 Å². The van der Waals surface area contributed by atoms with E-state index in [0.29, 0.717) is 0 Å². The van der Waals surface area contributed by atoms with Crippen LogP contribution in [0.4, 0.5) is 0 Å². The topological polar surface area (TPSA) is 60.7 Å². The van der Waals surface area contributed by atoms with Crippen molar-refractivity contribution in [3.63, 3.8) is 0 Å². The summed E-state index contributed by atoms with van der Waals surface area (Å²) in [7, 11) is 0. The average molecular weight is 286 g/mol. The van der Waals surface area contributed by atoms with Crippen LogP contribution in [0.15, 0.2) is 12.2 Å². The Hall–Kier alpha value is -0.380. The molecule has 0 atom stereocenters. The Morgan fingerprint density at radius 1 is 0.650 bits per heavy atom. The van der Waals surface area contributed by atoms with Gasteiger partial charge in [-0.05, 0) is 18.9 Å². The molecule has 0 aliphatic heterocycles. The van der Waals surface area contributed by atoms with Crippen LogP contribution >= 0.6 is 0 Å². The highest BCUT2D eigenvalue weighted by molar-refractivity contribution is 4.87. The number of allylic oxidation sites excluding steroid dienone is 1. The van der Waals surface area contributed by atoms with Crippen molar-refractivity contribution in [3.05, 3.63) is 12.2 Å². The van der Waals surface area contributed by atoms with Gasteiger partial charge in [0.2, 0.25) is 0 Å². The number of aliphatic hydroxyl groups is 3. The first kappa shape index (κ1) is 19.6. The third kappa shape index (κ3) is 17.6. The SMILES string of the molecule is CCCCCCCCCCCCCCC=CC(O)(O)O. The van der Waals surface area contributed by atoms with Crippen LogP contribution in [-0.4, -0.2) is 21.3 Å². The van der Waals surface area contributed by atoms with Gasteiger partial charge in [0.05, 0.1) is 0 Å². The monoisotopic (exact) mass is 286 g/mol. The predicted octanol–water partition coefficient (Wildman–Crippen LogP) is 4.26. The van der Waals surface area contributed by atoms with Crippen molar-refractivity contribution in [1.82, 2.24) is 0 Å². The van der Waals surface area contributed by atoms with E-state index in [9.17, 15) is 0 Å². The molecule has 120 valence electrons. The van der Waals surface area contributed by atoms with Gasteiger partial charge in [-0.1, -0.05) is 83.6 Å². The van der Waals surface area contributed by atoms with Crippen LogP contribution in [0.5, 0.6) is 0 Å². The fourth-order valence-electron chi connectivity index (χ4n) is 2.34. The molecule has 3 nitrogen and oxygen atoms in total. The maximum Gasteiger partial charge on any atom is 0.297 e. The van der Waals surface area contributed by atoms with E-state index in [4.69, 9.17) is 15.3 Å². The summed E-state index contributed by atoms with van der Waals surface area (Å²) in [5, 5.41) is 25.9. The molecule has 0 aromatic carbocycles. The Balaban J connectivity index is 3.08. The second-order valence-corrected chi connectivity index (χ2v) is 5.77. The highest BCUT2D eigenvalue weighted by Gasteiger charge is 2.10. The number of hydrogen-bond acceptors (Lipinski definition) is 3. The minimum absolute atomic E-state index is 0.793. The molecular formula is C17H34O3. The van der Waals surface area contributed by atoms with Crippen LogP contribution in [-0.2, 0) is 0 Å². The Morgan fingerprint density at radius 2 is 1.05 bits per heavy atom. The van der Waals surface area contributed by atoms with Crippen LogP contribution in [0.2, 0.25) is 0 Å². The molecule has 0 rings (SSSR count). The van der Waals surface area contributed by atoms with Gasteiger partial charge >= 0.3 is 0 Å². The minimum atomic E-state index is -2.64. The van der Waals surface area contributed by atoms with Crippen LogP contribution in [0.3, 0.4) is 0 Å². The molecule has 0 heterocycles. The summed E-state index contributed by atoms with van der Waals surface area (Å²) in [6, 6.07) is 0. The highest BCUT2D eigenvalue weighted by atomic mass is 16.7. The molecule has 0 aromatic rings. The normalized spacial score (nSPS) is 12.4. The molecule has 0 saturated carbocycles. The Bertz CT molecular complexity index is 219. The standard InChI is InChI=1S/C17H34O3/c1-2-3-4-5-6-7-8-9-10-11-12-13-14-15-16-17(18,19)20/h15-16,18-20H,2-14H2,1H3. The summed E-state index contributed by atoms with van der Waals surface area (Å²) in [6.07, 6.45) is 19.2. The summed E-state index contributed by atoms with van der Waals surface area (Å²) in [6.45, 7) is 2.25. The van der Waals surface area contributed by atoms with Gasteiger partial charge in [0.25, 0.3) is 5.97 Å². The summed E-state index contributed by atoms with van der Waals surface area (Å²) in [5.74, 6) is -2.64. The molecule has 0 aromatic heterocycles. The van der Waals surface area contributed by atoms with E-state index in [1.807, 2.05) is 0 Å². The molecule has 3 heteroatoms. The molecule has 0 aliphatic carbocycles. The largest absolute Gasteiger partial charge is 0.340 e. The zero-order chi connectivity index (χ0) is 15.1. The smallest absolute Gasteiger partial charge is 0.297 e. The summed E-state index contributed by atoms with van der Waals surface area (Å²) < 4.78 is 0. The Labute approximate surface area is 124 Å². The fourth-order valence-corrected chi connectivity index (χ4v) is 2.34. The molecule has 0 spiro atoms. The van der Waals surface area contributed by atoms with Crippen LogP contribution < -0.4 is 0 Å². The molecule has 0 bridgehead atoms. The van der Waals surface area contributed by atoms with Gasteiger partial charge in [-0.2, -0.15) is 0 Å². The van der Waals surface area contributed by atoms with Crippen molar-refractivity contribution in [3.8, 4) is 0 Å². The molecule has 20 heavy (non-hydrogen) atoms. The molecule has 0 fully saturated rings. The highest BCUT2D eigenvalue weighted by Crippen LogP contribution is 2.12. The van der Waals surface area contributed by atoms with E-state index in [2.05, 4.69) is 6.92 Å². The summed E-state index contributed by atoms with van der Waals surface area (Å²) in [5.41, 5.74) is 0. The van der Waals surface area contributed by atoms with Crippen molar-refractivity contribution in [1.29, 1.82) is 0 Å². The van der Waals surface area contributed by atoms with Crippen molar-refractivity contribution in [2.45, 2.75) is 96.4 Å². The van der Waals surface area contributed by atoms with Crippen molar-refractivity contribution >= 4 is 0 Å². The van der Waals surface area contributed by atoms with E-state index < -0.39 is 5.97 Å².